The second kappa shape index (κ2) is 6.18. The Kier molecular flexibility index (Phi) is 4.31. The number of aromatic nitrogens is 1. The Morgan fingerprint density at radius 3 is 2.65 bits per heavy atom. The SMILES string of the molecule is NC(Cc1csc(-c2sccc2Br)n1)c1ccccc1. The minimum Gasteiger partial charge on any atom is -0.324 e. The van der Waals surface area contributed by atoms with Gasteiger partial charge in [-0.1, -0.05) is 30.3 Å². The van der Waals surface area contributed by atoms with E-state index in [0.29, 0.717) is 0 Å². The number of rotatable bonds is 4. The fraction of sp³-hybridized carbons (Fsp3) is 0.133. The Morgan fingerprint density at radius 1 is 1.15 bits per heavy atom. The highest BCUT2D eigenvalue weighted by Gasteiger charge is 2.12. The maximum Gasteiger partial charge on any atom is 0.134 e. The van der Waals surface area contributed by atoms with Gasteiger partial charge in [0.05, 0.1) is 10.6 Å². The van der Waals surface area contributed by atoms with E-state index in [1.807, 2.05) is 18.2 Å². The summed E-state index contributed by atoms with van der Waals surface area (Å²) < 4.78 is 1.11. The van der Waals surface area contributed by atoms with E-state index in [1.165, 1.54) is 4.88 Å². The lowest BCUT2D eigenvalue weighted by molar-refractivity contribution is 0.710. The lowest BCUT2D eigenvalue weighted by Crippen LogP contribution is -2.13. The average molecular weight is 365 g/mol. The van der Waals surface area contributed by atoms with E-state index >= 15 is 0 Å². The van der Waals surface area contributed by atoms with Crippen LogP contribution in [0, 0.1) is 0 Å². The van der Waals surface area contributed by atoms with Crippen molar-refractivity contribution in [1.29, 1.82) is 0 Å². The van der Waals surface area contributed by atoms with Crippen LogP contribution in [0.25, 0.3) is 9.88 Å². The Bertz CT molecular complexity index is 691. The van der Waals surface area contributed by atoms with Crippen LogP contribution in [0.3, 0.4) is 0 Å². The molecule has 0 saturated heterocycles. The van der Waals surface area contributed by atoms with Crippen LogP contribution >= 0.6 is 38.6 Å². The minimum absolute atomic E-state index is 0.00192. The zero-order chi connectivity index (χ0) is 13.9. The maximum atomic E-state index is 6.24. The average Bonchev–Trinajstić information content (AvgIpc) is 3.08. The zero-order valence-electron chi connectivity index (χ0n) is 10.6. The molecule has 1 unspecified atom stereocenters. The molecule has 102 valence electrons. The molecule has 0 aliphatic heterocycles. The van der Waals surface area contributed by atoms with Crippen LogP contribution in [0.2, 0.25) is 0 Å². The molecule has 0 aliphatic rings. The number of hydrogen-bond donors (Lipinski definition) is 1. The molecule has 0 amide bonds. The normalized spacial score (nSPS) is 12.5. The van der Waals surface area contributed by atoms with Crippen LogP contribution in [0.1, 0.15) is 17.3 Å². The fourth-order valence-corrected chi connectivity index (χ4v) is 4.64. The van der Waals surface area contributed by atoms with E-state index < -0.39 is 0 Å². The van der Waals surface area contributed by atoms with E-state index in [1.54, 1.807) is 22.7 Å². The molecule has 2 N–H and O–H groups in total. The van der Waals surface area contributed by atoms with Gasteiger partial charge in [0, 0.05) is 22.3 Å². The Hall–Kier alpha value is -1.01. The second-order valence-electron chi connectivity index (χ2n) is 4.46. The summed E-state index contributed by atoms with van der Waals surface area (Å²) >= 11 is 6.93. The van der Waals surface area contributed by atoms with E-state index in [2.05, 4.69) is 44.9 Å². The highest BCUT2D eigenvalue weighted by Crippen LogP contribution is 2.35. The van der Waals surface area contributed by atoms with Gasteiger partial charge in [-0.2, -0.15) is 0 Å². The fourth-order valence-electron chi connectivity index (χ4n) is 1.99. The number of nitrogens with two attached hydrogens (primary N) is 1. The molecule has 0 aliphatic carbocycles. The van der Waals surface area contributed by atoms with E-state index in [-0.39, 0.29) is 6.04 Å². The van der Waals surface area contributed by atoms with Crippen LogP contribution < -0.4 is 5.73 Å². The predicted molar refractivity (Wildman–Crippen MR) is 90.2 cm³/mol. The van der Waals surface area contributed by atoms with Crippen molar-refractivity contribution in [3.8, 4) is 9.88 Å². The predicted octanol–water partition coefficient (Wildman–Crippen LogP) is 4.88. The zero-order valence-corrected chi connectivity index (χ0v) is 13.8. The Balaban J connectivity index is 1.77. The van der Waals surface area contributed by atoms with Gasteiger partial charge in [-0.25, -0.2) is 4.98 Å². The second-order valence-corrected chi connectivity index (χ2v) is 7.09. The van der Waals surface area contributed by atoms with Gasteiger partial charge in [0.2, 0.25) is 0 Å². The summed E-state index contributed by atoms with van der Waals surface area (Å²) in [6, 6.07) is 12.2. The number of halogens is 1. The summed E-state index contributed by atoms with van der Waals surface area (Å²) in [4.78, 5) is 5.89. The third-order valence-electron chi connectivity index (χ3n) is 3.02. The molecule has 1 atom stereocenters. The van der Waals surface area contributed by atoms with E-state index in [0.717, 1.165) is 27.2 Å². The largest absolute Gasteiger partial charge is 0.324 e. The molecule has 2 nitrogen and oxygen atoms in total. The highest BCUT2D eigenvalue weighted by atomic mass is 79.9. The van der Waals surface area contributed by atoms with Gasteiger partial charge in [-0.15, -0.1) is 22.7 Å². The molecule has 0 radical (unpaired) electrons. The van der Waals surface area contributed by atoms with Gasteiger partial charge in [-0.05, 0) is 32.9 Å². The standard InChI is InChI=1S/C15H13BrN2S2/c16-12-6-7-19-14(12)15-18-11(9-20-15)8-13(17)10-4-2-1-3-5-10/h1-7,9,13H,8,17H2. The van der Waals surface area contributed by atoms with E-state index in [9.17, 15) is 0 Å². The summed E-state index contributed by atoms with van der Waals surface area (Å²) in [7, 11) is 0. The van der Waals surface area contributed by atoms with Crippen molar-refractivity contribution < 1.29 is 0 Å². The number of thiazole rings is 1. The number of thiophene rings is 1. The summed E-state index contributed by atoms with van der Waals surface area (Å²) in [6.07, 6.45) is 0.767. The molecule has 20 heavy (non-hydrogen) atoms. The smallest absolute Gasteiger partial charge is 0.134 e. The summed E-state index contributed by atoms with van der Waals surface area (Å²) in [5.74, 6) is 0. The summed E-state index contributed by atoms with van der Waals surface area (Å²) in [5.41, 5.74) is 8.45. The Morgan fingerprint density at radius 2 is 1.95 bits per heavy atom. The van der Waals surface area contributed by atoms with Crippen molar-refractivity contribution in [2.24, 2.45) is 5.73 Å². The van der Waals surface area contributed by atoms with Gasteiger partial charge >= 0.3 is 0 Å². The molecule has 3 aromatic rings. The molecular weight excluding hydrogens is 352 g/mol. The van der Waals surface area contributed by atoms with Gasteiger partial charge in [0.1, 0.15) is 5.01 Å². The molecule has 0 bridgehead atoms. The first kappa shape index (κ1) is 13.9. The van der Waals surface area contributed by atoms with Gasteiger partial charge in [0.15, 0.2) is 0 Å². The molecule has 2 heterocycles. The third kappa shape index (κ3) is 3.01. The van der Waals surface area contributed by atoms with Crippen LogP contribution in [0.15, 0.2) is 51.6 Å². The number of benzene rings is 1. The number of hydrogen-bond acceptors (Lipinski definition) is 4. The molecule has 1 aromatic carbocycles. The van der Waals surface area contributed by atoms with Crippen molar-refractivity contribution in [2.45, 2.75) is 12.5 Å². The van der Waals surface area contributed by atoms with Crippen LogP contribution in [-0.2, 0) is 6.42 Å². The minimum atomic E-state index is -0.00192. The monoisotopic (exact) mass is 364 g/mol. The molecule has 3 rings (SSSR count). The van der Waals surface area contributed by atoms with E-state index in [4.69, 9.17) is 10.7 Å². The molecule has 0 fully saturated rings. The molecule has 0 spiro atoms. The van der Waals surface area contributed by atoms with Crippen LogP contribution in [0.5, 0.6) is 0 Å². The lowest BCUT2D eigenvalue weighted by atomic mass is 10.0. The van der Waals surface area contributed by atoms with Gasteiger partial charge in [-0.3, -0.25) is 0 Å². The van der Waals surface area contributed by atoms with Crippen molar-refractivity contribution >= 4 is 38.6 Å². The topological polar surface area (TPSA) is 38.9 Å². The first-order valence-electron chi connectivity index (χ1n) is 6.22. The number of nitrogens with zero attached hydrogens (tertiary/aromatic N) is 1. The van der Waals surface area contributed by atoms with Gasteiger partial charge in [0.25, 0.3) is 0 Å². The van der Waals surface area contributed by atoms with Crippen LogP contribution in [0.4, 0.5) is 0 Å². The van der Waals surface area contributed by atoms with Crippen molar-refractivity contribution in [3.05, 3.63) is 62.9 Å². The van der Waals surface area contributed by atoms with Crippen LogP contribution in [-0.4, -0.2) is 4.98 Å². The molecule has 0 saturated carbocycles. The van der Waals surface area contributed by atoms with Crippen molar-refractivity contribution in [1.82, 2.24) is 4.98 Å². The molecular formula is C15H13BrN2S2. The van der Waals surface area contributed by atoms with Gasteiger partial charge < -0.3 is 5.73 Å². The first-order chi connectivity index (χ1) is 9.74. The summed E-state index contributed by atoms with van der Waals surface area (Å²) in [6.45, 7) is 0. The first-order valence-corrected chi connectivity index (χ1v) is 8.77. The third-order valence-corrected chi connectivity index (χ3v) is 5.90. The summed E-state index contributed by atoms with van der Waals surface area (Å²) in [5, 5.41) is 5.22. The quantitative estimate of drug-likeness (QED) is 0.716. The highest BCUT2D eigenvalue weighted by molar-refractivity contribution is 9.10. The maximum absolute atomic E-state index is 6.24. The molecule has 5 heteroatoms. The van der Waals surface area contributed by atoms with Crippen molar-refractivity contribution in [2.75, 3.05) is 0 Å². The Labute approximate surface area is 134 Å². The lowest BCUT2D eigenvalue weighted by Gasteiger charge is -2.09. The molecule has 2 aromatic heterocycles. The van der Waals surface area contributed by atoms with Crippen molar-refractivity contribution in [3.63, 3.8) is 0 Å².